The standard InChI is InChI=1S/C101H176O16P2/c1-4-7-10-13-16-19-22-25-28-31-34-37-40-43-45-47-49-52-54-57-60-63-66-69-72-75-78-81-84-87-99(104)111-90-96(102)91-113-118(107,108)114-92-97(103)93-115-119(109,110)116-95-98(117-101(106)89-86-83-80-77-74-71-68-65-62-59-56-51-42-39-36-33-30-27-24-21-18-15-12-9-6-3)94-112-100(105)88-85-82-79-76-73-70-67-64-61-58-55-53-50-48-46-44-41-38-35-32-29-26-23-20-17-14-11-8-5-2/h16-21,25-30,34-39,43-46,51,56,96-98,102-103H,4-15,22-24,31-33,40-42,47-50,52-55,57-95H2,1-3H3,(H,107,108)(H,109,110)/b19-16-,20-17-,21-18-,28-25-,29-26-,30-27-,37-34-,38-35-,39-36-,45-43-,46-44-,56-51-. The molecule has 0 aliphatic rings. The van der Waals surface area contributed by atoms with Crippen LogP contribution in [0.25, 0.3) is 0 Å². The first-order valence-electron chi connectivity index (χ1n) is 48.1. The van der Waals surface area contributed by atoms with Crippen LogP contribution in [-0.2, 0) is 55.8 Å². The fourth-order valence-electron chi connectivity index (χ4n) is 13.2. The maximum atomic E-state index is 13.1. The van der Waals surface area contributed by atoms with Crippen molar-refractivity contribution in [3.05, 3.63) is 146 Å². The highest BCUT2D eigenvalue weighted by Gasteiger charge is 2.30. The average molecular weight is 1710 g/mol. The van der Waals surface area contributed by atoms with Crippen molar-refractivity contribution in [1.29, 1.82) is 0 Å². The largest absolute Gasteiger partial charge is 0.472 e. The summed E-state index contributed by atoms with van der Waals surface area (Å²) in [7, 11) is -9.81. The first-order chi connectivity index (χ1) is 58.2. The summed E-state index contributed by atoms with van der Waals surface area (Å²) in [6.07, 6.45) is 117. The van der Waals surface area contributed by atoms with Gasteiger partial charge < -0.3 is 34.2 Å². The molecule has 0 aromatic heterocycles. The van der Waals surface area contributed by atoms with Gasteiger partial charge in [-0.15, -0.1) is 0 Å². The van der Waals surface area contributed by atoms with Crippen LogP contribution >= 0.6 is 15.6 Å². The van der Waals surface area contributed by atoms with Gasteiger partial charge in [0.25, 0.3) is 0 Å². The van der Waals surface area contributed by atoms with E-state index in [9.17, 15) is 43.5 Å². The van der Waals surface area contributed by atoms with E-state index >= 15 is 0 Å². The number of aliphatic hydroxyl groups is 2. The van der Waals surface area contributed by atoms with E-state index in [4.69, 9.17) is 32.3 Å². The first kappa shape index (κ1) is 114. The summed E-state index contributed by atoms with van der Waals surface area (Å²) in [5.74, 6) is -1.57. The Labute approximate surface area is 728 Å². The lowest BCUT2D eigenvalue weighted by Gasteiger charge is -2.21. The summed E-state index contributed by atoms with van der Waals surface area (Å²) >= 11 is 0. The lowest BCUT2D eigenvalue weighted by Crippen LogP contribution is -2.30. The Morgan fingerprint density at radius 1 is 0.235 bits per heavy atom. The van der Waals surface area contributed by atoms with Crippen molar-refractivity contribution >= 4 is 33.6 Å². The summed E-state index contributed by atoms with van der Waals surface area (Å²) in [4.78, 5) is 59.1. The monoisotopic (exact) mass is 1710 g/mol. The number of carbonyl (C=O) groups excluding carboxylic acids is 3. The second-order valence-electron chi connectivity index (χ2n) is 32.2. The zero-order valence-corrected chi connectivity index (χ0v) is 77.5. The van der Waals surface area contributed by atoms with Gasteiger partial charge in [0.05, 0.1) is 26.4 Å². The molecule has 16 nitrogen and oxygen atoms in total. The Hall–Kier alpha value is -4.57. The van der Waals surface area contributed by atoms with Crippen LogP contribution < -0.4 is 0 Å². The molecule has 0 saturated heterocycles. The third kappa shape index (κ3) is 94.0. The Morgan fingerprint density at radius 2 is 0.420 bits per heavy atom. The van der Waals surface area contributed by atoms with Crippen molar-refractivity contribution in [3.8, 4) is 0 Å². The number of hydrogen-bond donors (Lipinski definition) is 4. The number of esters is 3. The molecule has 119 heavy (non-hydrogen) atoms. The quantitative estimate of drug-likeness (QED) is 0.0146. The van der Waals surface area contributed by atoms with Crippen LogP contribution in [0.15, 0.2) is 146 Å². The van der Waals surface area contributed by atoms with Gasteiger partial charge in [-0.25, -0.2) is 9.13 Å². The minimum Gasteiger partial charge on any atom is -0.463 e. The Bertz CT molecular complexity index is 2740. The molecule has 0 amide bonds. The van der Waals surface area contributed by atoms with Crippen molar-refractivity contribution in [2.75, 3.05) is 39.6 Å². The van der Waals surface area contributed by atoms with Gasteiger partial charge in [-0.3, -0.25) is 32.5 Å². The van der Waals surface area contributed by atoms with Gasteiger partial charge >= 0.3 is 33.6 Å². The molecule has 0 aromatic carbocycles. The number of allylic oxidation sites excluding steroid dienone is 24. The number of rotatable bonds is 91. The summed E-state index contributed by atoms with van der Waals surface area (Å²) < 4.78 is 61.6. The fraction of sp³-hybridized carbons (Fsp3) is 0.733. The zero-order chi connectivity index (χ0) is 86.5. The van der Waals surface area contributed by atoms with Crippen LogP contribution in [0.3, 0.4) is 0 Å². The molecule has 4 N–H and O–H groups in total. The first-order valence-corrected chi connectivity index (χ1v) is 51.1. The summed E-state index contributed by atoms with van der Waals surface area (Å²) in [5, 5.41) is 20.8. The molecule has 0 bridgehead atoms. The van der Waals surface area contributed by atoms with Crippen LogP contribution in [-0.4, -0.2) is 95.9 Å². The summed E-state index contributed by atoms with van der Waals surface area (Å²) in [5.41, 5.74) is 0. The van der Waals surface area contributed by atoms with Gasteiger partial charge in [-0.1, -0.05) is 391 Å². The fourth-order valence-corrected chi connectivity index (χ4v) is 14.8. The van der Waals surface area contributed by atoms with E-state index in [0.717, 1.165) is 148 Å². The number of phosphoric acid groups is 2. The smallest absolute Gasteiger partial charge is 0.463 e. The van der Waals surface area contributed by atoms with Crippen LogP contribution in [0.1, 0.15) is 419 Å². The average Bonchev–Trinajstić information content (AvgIpc) is 0.891. The highest BCUT2D eigenvalue weighted by molar-refractivity contribution is 7.47. The molecule has 0 aliphatic heterocycles. The molecular formula is C101H176O16P2. The minimum atomic E-state index is -4.95. The maximum Gasteiger partial charge on any atom is 0.472 e. The zero-order valence-electron chi connectivity index (χ0n) is 75.8. The molecule has 0 aliphatic carbocycles. The molecule has 5 unspecified atom stereocenters. The summed E-state index contributed by atoms with van der Waals surface area (Å²) in [6, 6.07) is 0. The van der Waals surface area contributed by atoms with E-state index in [0.29, 0.717) is 19.3 Å². The predicted molar refractivity (Wildman–Crippen MR) is 500 cm³/mol. The predicted octanol–water partition coefficient (Wildman–Crippen LogP) is 29.9. The van der Waals surface area contributed by atoms with Crippen LogP contribution in [0.5, 0.6) is 0 Å². The Morgan fingerprint density at radius 3 is 0.664 bits per heavy atom. The second kappa shape index (κ2) is 92.6. The highest BCUT2D eigenvalue weighted by Crippen LogP contribution is 2.45. The highest BCUT2D eigenvalue weighted by atomic mass is 31.2. The Kier molecular flexibility index (Phi) is 89.1. The van der Waals surface area contributed by atoms with Crippen molar-refractivity contribution in [3.63, 3.8) is 0 Å². The summed E-state index contributed by atoms with van der Waals surface area (Å²) in [6.45, 7) is 2.66. The van der Waals surface area contributed by atoms with Crippen LogP contribution in [0, 0.1) is 0 Å². The van der Waals surface area contributed by atoms with E-state index < -0.39 is 91.5 Å². The molecule has 0 radical (unpaired) electrons. The van der Waals surface area contributed by atoms with Crippen LogP contribution in [0.4, 0.5) is 0 Å². The molecule has 686 valence electrons. The van der Waals surface area contributed by atoms with Gasteiger partial charge in [0, 0.05) is 19.3 Å². The molecule has 0 saturated carbocycles. The van der Waals surface area contributed by atoms with Gasteiger partial charge in [0.1, 0.15) is 25.4 Å². The SMILES string of the molecule is CCCCC/C=C\C/C=C\C/C=C\C/C=C\CCCCCCCCCCCCCCCC(=O)OCC(O)COP(=O)(O)OCC(O)COP(=O)(O)OCC(COC(=O)CCCCCCCCCCCCCCC/C=C\C/C=C\C/C=C\C/C=C\CCCCC)OC(=O)CCCCCCCCCCC/C=C\C/C=C\C/C=C\C/C=C\CCCCC. The normalized spacial score (nSPS) is 14.4. The molecule has 0 heterocycles. The van der Waals surface area contributed by atoms with E-state index in [-0.39, 0.29) is 19.3 Å². The van der Waals surface area contributed by atoms with E-state index in [1.807, 2.05) is 0 Å². The van der Waals surface area contributed by atoms with E-state index in [1.165, 1.54) is 212 Å². The lowest BCUT2D eigenvalue weighted by molar-refractivity contribution is -0.161. The van der Waals surface area contributed by atoms with Crippen molar-refractivity contribution in [2.24, 2.45) is 0 Å². The number of unbranched alkanes of at least 4 members (excludes halogenated alkanes) is 44. The lowest BCUT2D eigenvalue weighted by atomic mass is 10.0. The molecule has 0 rings (SSSR count). The van der Waals surface area contributed by atoms with Gasteiger partial charge in [0.15, 0.2) is 6.10 Å². The topological polar surface area (TPSA) is 231 Å². The number of hydrogen-bond acceptors (Lipinski definition) is 14. The van der Waals surface area contributed by atoms with Crippen molar-refractivity contribution < 1.29 is 75.8 Å². The van der Waals surface area contributed by atoms with Gasteiger partial charge in [-0.2, -0.15) is 0 Å². The number of phosphoric ester groups is 2. The number of carbonyl (C=O) groups is 3. The Balaban J connectivity index is 4.64. The maximum absolute atomic E-state index is 13.1. The molecule has 5 atom stereocenters. The third-order valence-electron chi connectivity index (χ3n) is 20.5. The second-order valence-corrected chi connectivity index (χ2v) is 35.1. The van der Waals surface area contributed by atoms with Gasteiger partial charge in [-0.05, 0) is 154 Å². The van der Waals surface area contributed by atoms with Crippen molar-refractivity contribution in [2.45, 2.75) is 437 Å². The van der Waals surface area contributed by atoms with E-state index in [2.05, 4.69) is 167 Å². The van der Waals surface area contributed by atoms with Crippen LogP contribution in [0.2, 0.25) is 0 Å². The van der Waals surface area contributed by atoms with E-state index in [1.54, 1.807) is 0 Å². The number of aliphatic hydroxyl groups excluding tert-OH is 2. The molecule has 0 aromatic rings. The van der Waals surface area contributed by atoms with Crippen molar-refractivity contribution in [1.82, 2.24) is 0 Å². The molecule has 18 heteroatoms. The molecule has 0 fully saturated rings. The third-order valence-corrected chi connectivity index (χ3v) is 22.4. The molecule has 0 spiro atoms. The van der Waals surface area contributed by atoms with Gasteiger partial charge in [0.2, 0.25) is 0 Å². The molecular weight excluding hydrogens is 1530 g/mol. The number of ether oxygens (including phenoxy) is 3. The minimum absolute atomic E-state index is 0.0950.